The lowest BCUT2D eigenvalue weighted by atomic mass is 10.0. The molecule has 1 aromatic heterocycles. The van der Waals surface area contributed by atoms with Gasteiger partial charge in [-0.25, -0.2) is 0 Å². The summed E-state index contributed by atoms with van der Waals surface area (Å²) in [5.41, 5.74) is 2.76. The molecule has 102 valence electrons. The van der Waals surface area contributed by atoms with Crippen molar-refractivity contribution in [2.45, 2.75) is 45.7 Å². The van der Waals surface area contributed by atoms with Gasteiger partial charge in [-0.1, -0.05) is 37.6 Å². The van der Waals surface area contributed by atoms with Gasteiger partial charge in [0, 0.05) is 6.04 Å². The second-order valence-electron chi connectivity index (χ2n) is 5.03. The Morgan fingerprint density at radius 2 is 1.95 bits per heavy atom. The molecule has 0 fully saturated rings. The summed E-state index contributed by atoms with van der Waals surface area (Å²) in [6, 6.07) is 13.2. The molecule has 2 rings (SSSR count). The minimum atomic E-state index is 0.338. The van der Waals surface area contributed by atoms with Crippen molar-refractivity contribution < 1.29 is 4.42 Å². The number of furan rings is 1. The molecule has 1 unspecified atom stereocenters. The zero-order valence-electron chi connectivity index (χ0n) is 11.9. The minimum absolute atomic E-state index is 0.338. The number of unbranched alkanes of at least 4 members (excludes halogenated alkanes) is 1. The highest BCUT2D eigenvalue weighted by atomic mass is 16.3. The van der Waals surface area contributed by atoms with E-state index in [1.807, 2.05) is 12.1 Å². The molecule has 1 atom stereocenters. The van der Waals surface area contributed by atoms with E-state index in [0.717, 1.165) is 12.3 Å². The van der Waals surface area contributed by atoms with Gasteiger partial charge in [-0.3, -0.25) is 0 Å². The Labute approximate surface area is 115 Å². The molecule has 1 N–H and O–H groups in total. The average molecular weight is 257 g/mol. The number of nitrogens with one attached hydrogen (secondary N) is 1. The van der Waals surface area contributed by atoms with Crippen molar-refractivity contribution in [1.82, 2.24) is 5.32 Å². The SMILES string of the molecule is CCCCc1ccc(C(C)NCc2ccco2)cc1. The van der Waals surface area contributed by atoms with Gasteiger partial charge in [-0.05, 0) is 43.0 Å². The van der Waals surface area contributed by atoms with Crippen LogP contribution in [0.3, 0.4) is 0 Å². The van der Waals surface area contributed by atoms with Crippen molar-refractivity contribution in [3.63, 3.8) is 0 Å². The lowest BCUT2D eigenvalue weighted by Crippen LogP contribution is -2.17. The van der Waals surface area contributed by atoms with Crippen LogP contribution in [0.5, 0.6) is 0 Å². The van der Waals surface area contributed by atoms with Crippen LogP contribution in [0.2, 0.25) is 0 Å². The largest absolute Gasteiger partial charge is 0.468 e. The summed E-state index contributed by atoms with van der Waals surface area (Å²) < 4.78 is 5.32. The van der Waals surface area contributed by atoms with Gasteiger partial charge in [0.15, 0.2) is 0 Å². The van der Waals surface area contributed by atoms with E-state index in [0.29, 0.717) is 6.04 Å². The number of aryl methyl sites for hydroxylation is 1. The van der Waals surface area contributed by atoms with Crippen LogP contribution in [0.25, 0.3) is 0 Å². The number of benzene rings is 1. The van der Waals surface area contributed by atoms with Crippen LogP contribution in [0.15, 0.2) is 47.1 Å². The molecule has 0 saturated carbocycles. The molecule has 0 saturated heterocycles. The third-order valence-corrected chi connectivity index (χ3v) is 3.46. The number of rotatable bonds is 7. The van der Waals surface area contributed by atoms with Gasteiger partial charge in [-0.15, -0.1) is 0 Å². The highest BCUT2D eigenvalue weighted by Crippen LogP contribution is 2.15. The maximum Gasteiger partial charge on any atom is 0.117 e. The molecule has 2 nitrogen and oxygen atoms in total. The maximum atomic E-state index is 5.32. The topological polar surface area (TPSA) is 25.2 Å². The Bertz CT molecular complexity index is 459. The number of hydrogen-bond acceptors (Lipinski definition) is 2. The molecule has 1 heterocycles. The Morgan fingerprint density at radius 1 is 1.16 bits per heavy atom. The summed E-state index contributed by atoms with van der Waals surface area (Å²) in [7, 11) is 0. The average Bonchev–Trinajstić information content (AvgIpc) is 2.96. The Balaban J connectivity index is 1.86. The zero-order valence-corrected chi connectivity index (χ0v) is 11.9. The van der Waals surface area contributed by atoms with E-state index < -0.39 is 0 Å². The van der Waals surface area contributed by atoms with Crippen LogP contribution in [0.1, 0.15) is 49.6 Å². The second-order valence-corrected chi connectivity index (χ2v) is 5.03. The van der Waals surface area contributed by atoms with Gasteiger partial charge in [0.25, 0.3) is 0 Å². The molecule has 2 aromatic rings. The summed E-state index contributed by atoms with van der Waals surface area (Å²) in [5, 5.41) is 3.47. The van der Waals surface area contributed by atoms with Crippen molar-refractivity contribution >= 4 is 0 Å². The van der Waals surface area contributed by atoms with Crippen LogP contribution < -0.4 is 5.32 Å². The van der Waals surface area contributed by atoms with Crippen LogP contribution in [-0.2, 0) is 13.0 Å². The summed E-state index contributed by atoms with van der Waals surface area (Å²) in [6.07, 6.45) is 5.42. The van der Waals surface area contributed by atoms with E-state index in [1.165, 1.54) is 30.4 Å². The fourth-order valence-electron chi connectivity index (χ4n) is 2.14. The van der Waals surface area contributed by atoms with Crippen molar-refractivity contribution in [1.29, 1.82) is 0 Å². The zero-order chi connectivity index (χ0) is 13.5. The quantitative estimate of drug-likeness (QED) is 0.791. The highest BCUT2D eigenvalue weighted by molar-refractivity contribution is 5.24. The summed E-state index contributed by atoms with van der Waals surface area (Å²) >= 11 is 0. The third kappa shape index (κ3) is 4.25. The van der Waals surface area contributed by atoms with E-state index in [9.17, 15) is 0 Å². The van der Waals surface area contributed by atoms with E-state index in [1.54, 1.807) is 6.26 Å². The monoisotopic (exact) mass is 257 g/mol. The molecule has 0 aliphatic carbocycles. The first-order chi connectivity index (χ1) is 9.29. The molecular weight excluding hydrogens is 234 g/mol. The van der Waals surface area contributed by atoms with Gasteiger partial charge in [0.1, 0.15) is 5.76 Å². The first kappa shape index (κ1) is 13.9. The molecule has 0 amide bonds. The van der Waals surface area contributed by atoms with Gasteiger partial charge in [0.2, 0.25) is 0 Å². The van der Waals surface area contributed by atoms with Crippen LogP contribution in [0.4, 0.5) is 0 Å². The predicted octanol–water partition coefficient (Wildman–Crippen LogP) is 4.47. The van der Waals surface area contributed by atoms with E-state index in [4.69, 9.17) is 4.42 Å². The van der Waals surface area contributed by atoms with Crippen LogP contribution in [-0.4, -0.2) is 0 Å². The second kappa shape index (κ2) is 7.15. The van der Waals surface area contributed by atoms with Crippen molar-refractivity contribution in [2.24, 2.45) is 0 Å². The number of hydrogen-bond donors (Lipinski definition) is 1. The predicted molar refractivity (Wildman–Crippen MR) is 79.0 cm³/mol. The normalized spacial score (nSPS) is 12.5. The highest BCUT2D eigenvalue weighted by Gasteiger charge is 2.05. The van der Waals surface area contributed by atoms with Gasteiger partial charge < -0.3 is 9.73 Å². The molecule has 0 aliphatic rings. The van der Waals surface area contributed by atoms with Crippen LogP contribution >= 0.6 is 0 Å². The Kier molecular flexibility index (Phi) is 5.22. The molecule has 0 bridgehead atoms. The van der Waals surface area contributed by atoms with Crippen molar-refractivity contribution in [2.75, 3.05) is 0 Å². The summed E-state index contributed by atoms with van der Waals surface area (Å²) in [4.78, 5) is 0. The fourth-order valence-corrected chi connectivity index (χ4v) is 2.14. The Morgan fingerprint density at radius 3 is 2.58 bits per heavy atom. The molecular formula is C17H23NO. The summed E-state index contributed by atoms with van der Waals surface area (Å²) in [5.74, 6) is 0.978. The third-order valence-electron chi connectivity index (χ3n) is 3.46. The molecule has 19 heavy (non-hydrogen) atoms. The maximum absolute atomic E-state index is 5.32. The molecule has 0 aliphatic heterocycles. The molecule has 1 aromatic carbocycles. The van der Waals surface area contributed by atoms with Gasteiger partial charge >= 0.3 is 0 Å². The fraction of sp³-hybridized carbons (Fsp3) is 0.412. The lowest BCUT2D eigenvalue weighted by Gasteiger charge is -2.14. The van der Waals surface area contributed by atoms with Crippen LogP contribution in [0, 0.1) is 0 Å². The Hall–Kier alpha value is -1.54. The first-order valence-corrected chi connectivity index (χ1v) is 7.14. The lowest BCUT2D eigenvalue weighted by molar-refractivity contribution is 0.460. The molecule has 0 spiro atoms. The van der Waals surface area contributed by atoms with E-state index >= 15 is 0 Å². The first-order valence-electron chi connectivity index (χ1n) is 7.14. The molecule has 2 heteroatoms. The standard InChI is InChI=1S/C17H23NO/c1-3-4-6-15-8-10-16(11-9-15)14(2)18-13-17-7-5-12-19-17/h5,7-12,14,18H,3-4,6,13H2,1-2H3. The smallest absolute Gasteiger partial charge is 0.117 e. The van der Waals surface area contributed by atoms with E-state index in [2.05, 4.69) is 43.4 Å². The van der Waals surface area contributed by atoms with Gasteiger partial charge in [0.05, 0.1) is 12.8 Å². The van der Waals surface area contributed by atoms with Crippen molar-refractivity contribution in [3.05, 3.63) is 59.5 Å². The van der Waals surface area contributed by atoms with Gasteiger partial charge in [-0.2, -0.15) is 0 Å². The summed E-state index contributed by atoms with van der Waals surface area (Å²) in [6.45, 7) is 5.19. The minimum Gasteiger partial charge on any atom is -0.468 e. The molecule has 0 radical (unpaired) electrons. The van der Waals surface area contributed by atoms with E-state index in [-0.39, 0.29) is 0 Å². The van der Waals surface area contributed by atoms with Crippen molar-refractivity contribution in [3.8, 4) is 0 Å².